The van der Waals surface area contributed by atoms with Gasteiger partial charge >= 0.3 is 0 Å². The lowest BCUT2D eigenvalue weighted by molar-refractivity contribution is 0.0982. The molecule has 22 heavy (non-hydrogen) atoms. The van der Waals surface area contributed by atoms with E-state index in [0.717, 1.165) is 24.3 Å². The highest BCUT2D eigenvalue weighted by Gasteiger charge is 2.06. The number of hydrogen-bond donors (Lipinski definition) is 1. The van der Waals surface area contributed by atoms with E-state index >= 15 is 0 Å². The molecule has 116 valence electrons. The standard InChI is InChI=1S/C19H23NO2/c1-2-22-18-10-6-9-17(15-18)19(21)12-14-20-13-11-16-7-4-3-5-8-16/h3-10,15,20H,2,11-14H2,1H3. The molecule has 0 aliphatic heterocycles. The number of Topliss-reactive ketones (excluding diaryl/α,β-unsaturated/α-hetero) is 1. The minimum Gasteiger partial charge on any atom is -0.494 e. The van der Waals surface area contributed by atoms with Gasteiger partial charge in [0.2, 0.25) is 0 Å². The third kappa shape index (κ3) is 5.34. The summed E-state index contributed by atoms with van der Waals surface area (Å²) in [6.07, 6.45) is 1.49. The first-order valence-electron chi connectivity index (χ1n) is 7.80. The minimum absolute atomic E-state index is 0.147. The maximum Gasteiger partial charge on any atom is 0.164 e. The van der Waals surface area contributed by atoms with Gasteiger partial charge in [-0.05, 0) is 37.6 Å². The summed E-state index contributed by atoms with van der Waals surface area (Å²) in [5.41, 5.74) is 2.03. The third-order valence-corrected chi connectivity index (χ3v) is 3.43. The molecule has 2 aromatic rings. The summed E-state index contributed by atoms with van der Waals surface area (Å²) in [4.78, 5) is 12.1. The van der Waals surface area contributed by atoms with Crippen molar-refractivity contribution in [2.24, 2.45) is 0 Å². The smallest absolute Gasteiger partial charge is 0.164 e. The molecule has 0 aromatic heterocycles. The Morgan fingerprint density at radius 1 is 1.05 bits per heavy atom. The fraction of sp³-hybridized carbons (Fsp3) is 0.316. The average molecular weight is 297 g/mol. The van der Waals surface area contributed by atoms with Crippen molar-refractivity contribution < 1.29 is 9.53 Å². The predicted octanol–water partition coefficient (Wildman–Crippen LogP) is 3.49. The van der Waals surface area contributed by atoms with Gasteiger partial charge in [-0.1, -0.05) is 42.5 Å². The molecule has 0 aliphatic carbocycles. The van der Waals surface area contributed by atoms with Crippen LogP contribution in [0.5, 0.6) is 5.75 Å². The fourth-order valence-electron chi connectivity index (χ4n) is 2.27. The van der Waals surface area contributed by atoms with Gasteiger partial charge in [-0.2, -0.15) is 0 Å². The molecule has 0 atom stereocenters. The summed E-state index contributed by atoms with van der Waals surface area (Å²) in [5.74, 6) is 0.902. The van der Waals surface area contributed by atoms with E-state index < -0.39 is 0 Å². The zero-order valence-corrected chi connectivity index (χ0v) is 13.0. The number of ether oxygens (including phenoxy) is 1. The van der Waals surface area contributed by atoms with Crippen molar-refractivity contribution in [2.45, 2.75) is 19.8 Å². The van der Waals surface area contributed by atoms with Gasteiger partial charge in [0.1, 0.15) is 5.75 Å². The lowest BCUT2D eigenvalue weighted by Gasteiger charge is -2.07. The van der Waals surface area contributed by atoms with Crippen LogP contribution < -0.4 is 10.1 Å². The van der Waals surface area contributed by atoms with Crippen molar-refractivity contribution in [3.8, 4) is 5.75 Å². The molecule has 0 saturated heterocycles. The molecule has 0 heterocycles. The monoisotopic (exact) mass is 297 g/mol. The quantitative estimate of drug-likeness (QED) is 0.569. The molecule has 0 bridgehead atoms. The van der Waals surface area contributed by atoms with Crippen LogP contribution >= 0.6 is 0 Å². The molecule has 1 N–H and O–H groups in total. The average Bonchev–Trinajstić information content (AvgIpc) is 2.56. The summed E-state index contributed by atoms with van der Waals surface area (Å²) in [5, 5.41) is 3.32. The van der Waals surface area contributed by atoms with E-state index in [4.69, 9.17) is 4.74 Å². The van der Waals surface area contributed by atoms with Gasteiger partial charge in [-0.25, -0.2) is 0 Å². The molecule has 2 rings (SSSR count). The largest absolute Gasteiger partial charge is 0.494 e. The second-order valence-corrected chi connectivity index (χ2v) is 5.12. The first-order valence-corrected chi connectivity index (χ1v) is 7.80. The predicted molar refractivity (Wildman–Crippen MR) is 89.6 cm³/mol. The van der Waals surface area contributed by atoms with Gasteiger partial charge in [0, 0.05) is 18.5 Å². The summed E-state index contributed by atoms with van der Waals surface area (Å²) >= 11 is 0. The number of carbonyl (C=O) groups excluding carboxylic acids is 1. The van der Waals surface area contributed by atoms with Crippen molar-refractivity contribution in [1.29, 1.82) is 0 Å². The Kier molecular flexibility index (Phi) is 6.65. The molecule has 0 saturated carbocycles. The molecule has 0 radical (unpaired) electrons. The summed E-state index contributed by atoms with van der Waals surface area (Å²) < 4.78 is 5.42. The van der Waals surface area contributed by atoms with Crippen LogP contribution in [0.4, 0.5) is 0 Å². The van der Waals surface area contributed by atoms with Crippen LogP contribution in [0.25, 0.3) is 0 Å². The number of carbonyl (C=O) groups is 1. The van der Waals surface area contributed by atoms with Crippen molar-refractivity contribution in [3.05, 3.63) is 65.7 Å². The van der Waals surface area contributed by atoms with Crippen LogP contribution in [0.15, 0.2) is 54.6 Å². The zero-order chi connectivity index (χ0) is 15.6. The van der Waals surface area contributed by atoms with Crippen LogP contribution in [0.2, 0.25) is 0 Å². The van der Waals surface area contributed by atoms with E-state index in [1.54, 1.807) is 0 Å². The van der Waals surface area contributed by atoms with Crippen molar-refractivity contribution >= 4 is 5.78 Å². The normalized spacial score (nSPS) is 10.4. The van der Waals surface area contributed by atoms with Crippen molar-refractivity contribution in [3.63, 3.8) is 0 Å². The van der Waals surface area contributed by atoms with Gasteiger partial charge in [0.15, 0.2) is 5.78 Å². The van der Waals surface area contributed by atoms with E-state index in [1.165, 1.54) is 5.56 Å². The van der Waals surface area contributed by atoms with Crippen LogP contribution in [0.1, 0.15) is 29.3 Å². The number of benzene rings is 2. The van der Waals surface area contributed by atoms with Gasteiger partial charge in [0.25, 0.3) is 0 Å². The van der Waals surface area contributed by atoms with Crippen LogP contribution in [0.3, 0.4) is 0 Å². The van der Waals surface area contributed by atoms with Crippen LogP contribution in [-0.4, -0.2) is 25.5 Å². The highest BCUT2D eigenvalue weighted by Crippen LogP contribution is 2.14. The molecular weight excluding hydrogens is 274 g/mol. The zero-order valence-electron chi connectivity index (χ0n) is 13.0. The number of nitrogens with one attached hydrogen (secondary N) is 1. The lowest BCUT2D eigenvalue weighted by atomic mass is 10.1. The summed E-state index contributed by atoms with van der Waals surface area (Å²) in [6.45, 7) is 4.13. The molecular formula is C19H23NO2. The molecule has 2 aromatic carbocycles. The highest BCUT2D eigenvalue weighted by atomic mass is 16.5. The first kappa shape index (κ1) is 16.2. The van der Waals surface area contributed by atoms with E-state index in [2.05, 4.69) is 17.4 Å². The Bertz CT molecular complexity index is 581. The molecule has 3 heteroatoms. The molecule has 3 nitrogen and oxygen atoms in total. The number of ketones is 1. The van der Waals surface area contributed by atoms with E-state index in [-0.39, 0.29) is 5.78 Å². The number of rotatable bonds is 9. The SMILES string of the molecule is CCOc1cccc(C(=O)CCNCCc2ccccc2)c1. The van der Waals surface area contributed by atoms with Gasteiger partial charge in [-0.15, -0.1) is 0 Å². The third-order valence-electron chi connectivity index (χ3n) is 3.43. The Balaban J connectivity index is 1.70. The Morgan fingerprint density at radius 3 is 2.64 bits per heavy atom. The van der Waals surface area contributed by atoms with Crippen LogP contribution in [0, 0.1) is 0 Å². The maximum atomic E-state index is 12.1. The van der Waals surface area contributed by atoms with Crippen molar-refractivity contribution in [1.82, 2.24) is 5.32 Å². The minimum atomic E-state index is 0.147. The van der Waals surface area contributed by atoms with Gasteiger partial charge in [-0.3, -0.25) is 4.79 Å². The molecule has 0 fully saturated rings. The highest BCUT2D eigenvalue weighted by molar-refractivity contribution is 5.96. The molecule has 0 amide bonds. The van der Waals surface area contributed by atoms with Crippen LogP contribution in [-0.2, 0) is 6.42 Å². The first-order chi connectivity index (χ1) is 10.8. The molecule has 0 aliphatic rings. The van der Waals surface area contributed by atoms with Crippen molar-refractivity contribution in [2.75, 3.05) is 19.7 Å². The summed E-state index contributed by atoms with van der Waals surface area (Å²) in [6, 6.07) is 17.7. The van der Waals surface area contributed by atoms with Gasteiger partial charge < -0.3 is 10.1 Å². The second kappa shape index (κ2) is 9.00. The topological polar surface area (TPSA) is 38.3 Å². The molecule has 0 unspecified atom stereocenters. The van der Waals surface area contributed by atoms with E-state index in [1.807, 2.05) is 49.4 Å². The number of hydrogen-bond acceptors (Lipinski definition) is 3. The Hall–Kier alpha value is -2.13. The molecule has 0 spiro atoms. The van der Waals surface area contributed by atoms with E-state index in [9.17, 15) is 4.79 Å². The summed E-state index contributed by atoms with van der Waals surface area (Å²) in [7, 11) is 0. The fourth-order valence-corrected chi connectivity index (χ4v) is 2.27. The Labute approximate surface area is 132 Å². The maximum absolute atomic E-state index is 12.1. The van der Waals surface area contributed by atoms with Gasteiger partial charge in [0.05, 0.1) is 6.61 Å². The second-order valence-electron chi connectivity index (χ2n) is 5.12. The lowest BCUT2D eigenvalue weighted by Crippen LogP contribution is -2.21. The van der Waals surface area contributed by atoms with E-state index in [0.29, 0.717) is 19.6 Å². The Morgan fingerprint density at radius 2 is 1.86 bits per heavy atom.